The predicted molar refractivity (Wildman–Crippen MR) is 64.7 cm³/mol. The van der Waals surface area contributed by atoms with Gasteiger partial charge in [0, 0.05) is 16.9 Å². The lowest BCUT2D eigenvalue weighted by molar-refractivity contribution is 0.498. The molecule has 2 aromatic rings. The van der Waals surface area contributed by atoms with Crippen molar-refractivity contribution in [3.63, 3.8) is 0 Å². The summed E-state index contributed by atoms with van der Waals surface area (Å²) in [6.45, 7) is 0.113. The van der Waals surface area contributed by atoms with Crippen LogP contribution < -0.4 is 4.72 Å². The molecule has 0 saturated heterocycles. The van der Waals surface area contributed by atoms with E-state index in [0.717, 1.165) is 0 Å². The van der Waals surface area contributed by atoms with Crippen LogP contribution in [-0.2, 0) is 16.6 Å². The Morgan fingerprint density at radius 1 is 1.41 bits per heavy atom. The Labute approximate surface area is 107 Å². The van der Waals surface area contributed by atoms with Crippen LogP contribution in [0.5, 0.6) is 0 Å². The molecule has 5 nitrogen and oxygen atoms in total. The van der Waals surface area contributed by atoms with Crippen LogP contribution in [0.2, 0.25) is 0 Å². The average Bonchev–Trinajstić information content (AvgIpc) is 2.79. The lowest BCUT2D eigenvalue weighted by Crippen LogP contribution is -2.23. The van der Waals surface area contributed by atoms with Crippen molar-refractivity contribution in [2.45, 2.75) is 11.4 Å². The highest BCUT2D eigenvalue weighted by molar-refractivity contribution is 9.10. The van der Waals surface area contributed by atoms with Gasteiger partial charge in [-0.05, 0) is 34.1 Å². The molecule has 0 saturated carbocycles. The van der Waals surface area contributed by atoms with Crippen molar-refractivity contribution in [3.05, 3.63) is 47.1 Å². The highest BCUT2D eigenvalue weighted by Gasteiger charge is 2.14. The Morgan fingerprint density at radius 3 is 2.88 bits per heavy atom. The summed E-state index contributed by atoms with van der Waals surface area (Å²) in [5, 5.41) is 0. The molecular weight excluding hydrogens is 308 g/mol. The van der Waals surface area contributed by atoms with Crippen molar-refractivity contribution < 1.29 is 12.8 Å². The molecule has 7 heteroatoms. The van der Waals surface area contributed by atoms with E-state index in [0.29, 0.717) is 10.2 Å². The maximum absolute atomic E-state index is 11.9. The van der Waals surface area contributed by atoms with Gasteiger partial charge in [-0.15, -0.1) is 0 Å². The van der Waals surface area contributed by atoms with E-state index in [9.17, 15) is 8.42 Å². The summed E-state index contributed by atoms with van der Waals surface area (Å²) in [4.78, 5) is 3.92. The minimum absolute atomic E-state index is 0.110. The Balaban J connectivity index is 2.14. The third-order valence-electron chi connectivity index (χ3n) is 2.01. The summed E-state index contributed by atoms with van der Waals surface area (Å²) < 4.78 is 31.8. The zero-order valence-electron chi connectivity index (χ0n) is 8.63. The molecule has 0 aliphatic carbocycles. The molecule has 0 aliphatic rings. The van der Waals surface area contributed by atoms with Gasteiger partial charge in [0.2, 0.25) is 10.0 Å². The fraction of sp³-hybridized carbons (Fsp3) is 0.100. The number of furan rings is 1. The van der Waals surface area contributed by atoms with Crippen molar-refractivity contribution in [2.75, 3.05) is 0 Å². The monoisotopic (exact) mass is 316 g/mol. The third-order valence-corrected chi connectivity index (χ3v) is 3.81. The molecule has 2 aromatic heterocycles. The number of aromatic nitrogens is 1. The summed E-state index contributed by atoms with van der Waals surface area (Å²) in [5.74, 6) is 0.552. The second-order valence-electron chi connectivity index (χ2n) is 3.24. The highest BCUT2D eigenvalue weighted by Crippen LogP contribution is 2.14. The van der Waals surface area contributed by atoms with Gasteiger partial charge < -0.3 is 4.42 Å². The third kappa shape index (κ3) is 3.15. The number of nitrogens with one attached hydrogen (secondary N) is 1. The quantitative estimate of drug-likeness (QED) is 0.935. The topological polar surface area (TPSA) is 72.2 Å². The molecule has 0 aromatic carbocycles. The fourth-order valence-electron chi connectivity index (χ4n) is 1.20. The van der Waals surface area contributed by atoms with E-state index in [1.54, 1.807) is 12.1 Å². The number of rotatable bonds is 4. The predicted octanol–water partition coefficient (Wildman–Crippen LogP) is 1.92. The summed E-state index contributed by atoms with van der Waals surface area (Å²) in [5.41, 5.74) is 0. The molecule has 1 N–H and O–H groups in total. The number of hydrogen-bond donors (Lipinski definition) is 1. The van der Waals surface area contributed by atoms with E-state index in [4.69, 9.17) is 4.42 Å². The van der Waals surface area contributed by atoms with Crippen LogP contribution in [0.25, 0.3) is 0 Å². The second kappa shape index (κ2) is 4.99. The lowest BCUT2D eigenvalue weighted by Gasteiger charge is -2.04. The summed E-state index contributed by atoms with van der Waals surface area (Å²) in [6.07, 6.45) is 4.30. The van der Waals surface area contributed by atoms with E-state index in [2.05, 4.69) is 25.6 Å². The van der Waals surface area contributed by atoms with Gasteiger partial charge in [-0.2, -0.15) is 0 Å². The van der Waals surface area contributed by atoms with Gasteiger partial charge in [-0.3, -0.25) is 4.98 Å². The Morgan fingerprint density at radius 2 is 2.24 bits per heavy atom. The zero-order chi connectivity index (χ0) is 12.3. The minimum Gasteiger partial charge on any atom is -0.468 e. The molecule has 0 aliphatic heterocycles. The van der Waals surface area contributed by atoms with Gasteiger partial charge in [0.05, 0.1) is 12.8 Å². The van der Waals surface area contributed by atoms with Gasteiger partial charge in [0.15, 0.2) is 0 Å². The number of sulfonamides is 1. The Bertz CT molecular complexity index is 596. The van der Waals surface area contributed by atoms with Crippen LogP contribution in [-0.4, -0.2) is 13.4 Å². The first-order chi connectivity index (χ1) is 8.08. The van der Waals surface area contributed by atoms with Crippen molar-refractivity contribution in [1.29, 1.82) is 0 Å². The van der Waals surface area contributed by atoms with Crippen LogP contribution in [0.3, 0.4) is 0 Å². The standard InChI is InChI=1S/C10H9BrN2O3S/c11-8-4-10(7-12-5-8)17(14,15)13-6-9-2-1-3-16-9/h1-5,7,13H,6H2. The van der Waals surface area contributed by atoms with Gasteiger partial charge >= 0.3 is 0 Å². The van der Waals surface area contributed by atoms with Gasteiger partial charge in [-0.25, -0.2) is 13.1 Å². The molecule has 0 radical (unpaired) electrons. The van der Waals surface area contributed by atoms with Crippen LogP contribution in [0.4, 0.5) is 0 Å². The Kier molecular flexibility index (Phi) is 3.60. The van der Waals surface area contributed by atoms with Crippen LogP contribution in [0.1, 0.15) is 5.76 Å². The molecule has 0 atom stereocenters. The molecule has 17 heavy (non-hydrogen) atoms. The fourth-order valence-corrected chi connectivity index (χ4v) is 2.70. The first kappa shape index (κ1) is 12.3. The van der Waals surface area contributed by atoms with Crippen LogP contribution >= 0.6 is 15.9 Å². The van der Waals surface area contributed by atoms with Crippen molar-refractivity contribution in [1.82, 2.24) is 9.71 Å². The van der Waals surface area contributed by atoms with Crippen molar-refractivity contribution >= 4 is 26.0 Å². The van der Waals surface area contributed by atoms with E-state index in [-0.39, 0.29) is 11.4 Å². The number of nitrogens with zero attached hydrogens (tertiary/aromatic N) is 1. The highest BCUT2D eigenvalue weighted by atomic mass is 79.9. The SMILES string of the molecule is O=S(=O)(NCc1ccco1)c1cncc(Br)c1. The first-order valence-electron chi connectivity index (χ1n) is 4.70. The Hall–Kier alpha value is -1.18. The summed E-state index contributed by atoms with van der Waals surface area (Å²) in [7, 11) is -3.56. The number of halogens is 1. The molecule has 2 rings (SSSR count). The van der Waals surface area contributed by atoms with Gasteiger partial charge in [0.25, 0.3) is 0 Å². The molecule has 2 heterocycles. The number of hydrogen-bond acceptors (Lipinski definition) is 4. The van der Waals surface area contributed by atoms with Crippen molar-refractivity contribution in [3.8, 4) is 0 Å². The molecular formula is C10H9BrN2O3S. The average molecular weight is 317 g/mol. The van der Waals surface area contributed by atoms with E-state index < -0.39 is 10.0 Å². The minimum atomic E-state index is -3.56. The number of pyridine rings is 1. The largest absolute Gasteiger partial charge is 0.468 e. The smallest absolute Gasteiger partial charge is 0.242 e. The maximum atomic E-state index is 11.9. The molecule has 0 spiro atoms. The normalized spacial score (nSPS) is 11.6. The molecule has 0 fully saturated rings. The van der Waals surface area contributed by atoms with Gasteiger partial charge in [-0.1, -0.05) is 0 Å². The van der Waals surface area contributed by atoms with E-state index in [1.807, 2.05) is 0 Å². The van der Waals surface area contributed by atoms with Crippen LogP contribution in [0, 0.1) is 0 Å². The van der Waals surface area contributed by atoms with Crippen LogP contribution in [0.15, 0.2) is 50.6 Å². The van der Waals surface area contributed by atoms with E-state index in [1.165, 1.54) is 24.7 Å². The molecule has 90 valence electrons. The lowest BCUT2D eigenvalue weighted by atomic mass is 10.5. The first-order valence-corrected chi connectivity index (χ1v) is 6.98. The maximum Gasteiger partial charge on any atom is 0.242 e. The van der Waals surface area contributed by atoms with Gasteiger partial charge in [0.1, 0.15) is 10.7 Å². The molecule has 0 bridgehead atoms. The van der Waals surface area contributed by atoms with Crippen molar-refractivity contribution in [2.24, 2.45) is 0 Å². The zero-order valence-corrected chi connectivity index (χ0v) is 11.0. The molecule has 0 amide bonds. The van der Waals surface area contributed by atoms with E-state index >= 15 is 0 Å². The second-order valence-corrected chi connectivity index (χ2v) is 5.93. The molecule has 0 unspecified atom stereocenters. The summed E-state index contributed by atoms with van der Waals surface area (Å²) in [6, 6.07) is 4.88. The summed E-state index contributed by atoms with van der Waals surface area (Å²) >= 11 is 3.17.